The minimum Gasteiger partial charge on any atom is -0.497 e. The summed E-state index contributed by atoms with van der Waals surface area (Å²) < 4.78 is 12.3. The van der Waals surface area contributed by atoms with E-state index in [1.54, 1.807) is 25.6 Å². The first-order valence-corrected chi connectivity index (χ1v) is 11.6. The van der Waals surface area contributed by atoms with E-state index in [1.807, 2.05) is 35.2 Å². The van der Waals surface area contributed by atoms with E-state index < -0.39 is 0 Å². The zero-order chi connectivity index (χ0) is 23.7. The van der Waals surface area contributed by atoms with Gasteiger partial charge in [-0.3, -0.25) is 9.78 Å². The molecule has 2 fully saturated rings. The second-order valence-corrected chi connectivity index (χ2v) is 9.31. The zero-order valence-corrected chi connectivity index (χ0v) is 19.3. The number of ether oxygens (including phenoxy) is 1. The van der Waals surface area contributed by atoms with E-state index >= 15 is 0 Å². The van der Waals surface area contributed by atoms with Crippen LogP contribution in [0.2, 0.25) is 0 Å². The molecule has 1 unspecified atom stereocenters. The summed E-state index contributed by atoms with van der Waals surface area (Å²) in [6.07, 6.45) is 6.27. The number of methoxy groups -OCH3 is 1. The lowest BCUT2D eigenvalue weighted by molar-refractivity contribution is -0.445. The molecule has 8 heteroatoms. The fourth-order valence-corrected chi connectivity index (χ4v) is 4.99. The van der Waals surface area contributed by atoms with Gasteiger partial charge in [0.1, 0.15) is 12.3 Å². The molecular formula is C26H29N4O4+. The van der Waals surface area contributed by atoms with E-state index in [2.05, 4.69) is 17.0 Å². The summed E-state index contributed by atoms with van der Waals surface area (Å²) in [6.45, 7) is 6.48. The summed E-state index contributed by atoms with van der Waals surface area (Å²) in [5.41, 5.74) is 1.85. The molecule has 8 nitrogen and oxygen atoms in total. The standard InChI is InChI=1S/C26H28N4O4/c1-29(17-18-3-5-21(33-2)6-4-18)25(32)30-11-8-26(9-12-30)14-20(26)15-28-24(31)22-13-19-7-10-27-16-23(19)34-22/h3-7,10,13,16,20H,1,8-9,11-12,14-15,17H2,2H3/p+1. The molecule has 176 valence electrons. The largest absolute Gasteiger partial charge is 0.497 e. The van der Waals surface area contributed by atoms with Crippen molar-refractivity contribution in [2.75, 3.05) is 26.7 Å². The fraction of sp³-hybridized carbons (Fsp3) is 0.385. The smallest absolute Gasteiger partial charge is 0.492 e. The Balaban J connectivity index is 1.08. The van der Waals surface area contributed by atoms with E-state index in [0.29, 0.717) is 43.4 Å². The monoisotopic (exact) mass is 461 g/mol. The van der Waals surface area contributed by atoms with Gasteiger partial charge in [0, 0.05) is 18.1 Å². The number of rotatable bonds is 6. The number of carbonyl (C=O) groups excluding carboxylic acids is 2. The Kier molecular flexibility index (Phi) is 5.81. The van der Waals surface area contributed by atoms with E-state index in [4.69, 9.17) is 9.15 Å². The van der Waals surface area contributed by atoms with Crippen LogP contribution in [0.4, 0.5) is 4.79 Å². The van der Waals surface area contributed by atoms with Crippen LogP contribution in [0.1, 0.15) is 35.4 Å². The second-order valence-electron chi connectivity index (χ2n) is 9.31. The average molecular weight is 462 g/mol. The van der Waals surface area contributed by atoms with Crippen molar-refractivity contribution < 1.29 is 23.3 Å². The molecule has 3 heterocycles. The number of nitrogens with zero attached hydrogens (tertiary/aromatic N) is 3. The van der Waals surface area contributed by atoms with Gasteiger partial charge in [-0.2, -0.15) is 4.79 Å². The minimum absolute atomic E-state index is 0.0458. The van der Waals surface area contributed by atoms with Crippen molar-refractivity contribution in [1.82, 2.24) is 15.2 Å². The van der Waals surface area contributed by atoms with Gasteiger partial charge in [0.15, 0.2) is 11.3 Å². The number of hydrogen-bond acceptors (Lipinski definition) is 5. The van der Waals surface area contributed by atoms with Crippen LogP contribution in [0.3, 0.4) is 0 Å². The highest BCUT2D eigenvalue weighted by molar-refractivity contribution is 5.95. The van der Waals surface area contributed by atoms with E-state index in [9.17, 15) is 9.59 Å². The number of piperidine rings is 1. The van der Waals surface area contributed by atoms with Gasteiger partial charge >= 0.3 is 6.03 Å². The zero-order valence-electron chi connectivity index (χ0n) is 19.3. The lowest BCUT2D eigenvalue weighted by Crippen LogP contribution is -2.43. The summed E-state index contributed by atoms with van der Waals surface area (Å²) in [4.78, 5) is 31.3. The number of hydrogen-bond donors (Lipinski definition) is 1. The third-order valence-electron chi connectivity index (χ3n) is 7.25. The third kappa shape index (κ3) is 4.40. The van der Waals surface area contributed by atoms with Crippen LogP contribution < -0.4 is 10.1 Å². The molecule has 0 radical (unpaired) electrons. The second kappa shape index (κ2) is 8.93. The van der Waals surface area contributed by atoms with Gasteiger partial charge in [-0.25, -0.2) is 9.48 Å². The number of carbonyl (C=O) groups is 2. The van der Waals surface area contributed by atoms with Crippen molar-refractivity contribution in [3.8, 4) is 5.75 Å². The highest BCUT2D eigenvalue weighted by Gasteiger charge is 2.56. The summed E-state index contributed by atoms with van der Waals surface area (Å²) in [5, 5.41) is 3.89. The maximum absolute atomic E-state index is 12.9. The predicted octanol–water partition coefficient (Wildman–Crippen LogP) is 3.70. The lowest BCUT2D eigenvalue weighted by atomic mass is 9.91. The van der Waals surface area contributed by atoms with Crippen molar-refractivity contribution >= 4 is 29.6 Å². The number of benzene rings is 1. The first-order valence-electron chi connectivity index (χ1n) is 11.6. The molecule has 1 atom stereocenters. The average Bonchev–Trinajstić information content (AvgIpc) is 3.33. The Bertz CT molecular complexity index is 1190. The number of fused-ring (bicyclic) bond motifs is 1. The van der Waals surface area contributed by atoms with Gasteiger partial charge in [-0.1, -0.05) is 12.1 Å². The molecule has 3 amide bonds. The molecule has 1 saturated carbocycles. The number of likely N-dealkylation sites (tertiary alicyclic amines) is 1. The predicted molar refractivity (Wildman–Crippen MR) is 127 cm³/mol. The van der Waals surface area contributed by atoms with Crippen molar-refractivity contribution in [3.05, 3.63) is 60.1 Å². The van der Waals surface area contributed by atoms with E-state index in [-0.39, 0.29) is 17.4 Å². The van der Waals surface area contributed by atoms with Crippen LogP contribution in [0, 0.1) is 11.3 Å². The quantitative estimate of drug-likeness (QED) is 0.447. The Hall–Kier alpha value is -3.68. The first-order chi connectivity index (χ1) is 16.5. The van der Waals surface area contributed by atoms with Crippen LogP contribution >= 0.6 is 0 Å². The summed E-state index contributed by atoms with van der Waals surface area (Å²) in [6, 6.07) is 11.2. The SMILES string of the molecule is C=[N+](Cc1ccc(OC)cc1)C(=O)N1CCC2(CC1)CC2CNC(=O)c1cc2ccncc2o1. The minimum atomic E-state index is -0.197. The number of urea groups is 1. The maximum atomic E-state index is 12.9. The molecular weight excluding hydrogens is 432 g/mol. The normalized spacial score (nSPS) is 18.6. The van der Waals surface area contributed by atoms with Crippen LogP contribution in [0.15, 0.2) is 53.2 Å². The van der Waals surface area contributed by atoms with Crippen LogP contribution in [-0.4, -0.2) is 59.9 Å². The fourth-order valence-electron chi connectivity index (χ4n) is 4.99. The molecule has 3 aromatic rings. The molecule has 5 rings (SSSR count). The Labute approximate surface area is 198 Å². The molecule has 2 aromatic heterocycles. The maximum Gasteiger partial charge on any atom is 0.492 e. The van der Waals surface area contributed by atoms with Crippen LogP contribution in [0.5, 0.6) is 5.75 Å². The molecule has 1 aromatic carbocycles. The van der Waals surface area contributed by atoms with E-state index in [1.165, 1.54) is 4.58 Å². The van der Waals surface area contributed by atoms with Gasteiger partial charge in [-0.15, -0.1) is 0 Å². The van der Waals surface area contributed by atoms with Gasteiger partial charge in [0.25, 0.3) is 5.91 Å². The van der Waals surface area contributed by atoms with E-state index in [0.717, 1.165) is 36.0 Å². The summed E-state index contributed by atoms with van der Waals surface area (Å²) in [7, 11) is 1.63. The number of nitrogens with one attached hydrogen (secondary N) is 1. The Morgan fingerprint density at radius 1 is 1.26 bits per heavy atom. The highest BCUT2D eigenvalue weighted by Crippen LogP contribution is 2.59. The van der Waals surface area contributed by atoms with Crippen LogP contribution in [-0.2, 0) is 6.54 Å². The Morgan fingerprint density at radius 3 is 2.74 bits per heavy atom. The highest BCUT2D eigenvalue weighted by atomic mass is 16.5. The van der Waals surface area contributed by atoms with Gasteiger partial charge in [-0.05, 0) is 60.4 Å². The molecule has 1 N–H and O–H groups in total. The number of furan rings is 1. The first kappa shape index (κ1) is 22.1. The molecule has 1 saturated heterocycles. The van der Waals surface area contributed by atoms with Crippen molar-refractivity contribution in [3.63, 3.8) is 0 Å². The molecule has 34 heavy (non-hydrogen) atoms. The molecule has 0 bridgehead atoms. The molecule has 1 aliphatic heterocycles. The molecule has 2 aliphatic rings. The van der Waals surface area contributed by atoms with Crippen molar-refractivity contribution in [2.24, 2.45) is 11.3 Å². The summed E-state index contributed by atoms with van der Waals surface area (Å²) >= 11 is 0. The van der Waals surface area contributed by atoms with Gasteiger partial charge in [0.05, 0.1) is 33.1 Å². The van der Waals surface area contributed by atoms with Gasteiger partial charge in [0.2, 0.25) is 0 Å². The number of aromatic nitrogens is 1. The van der Waals surface area contributed by atoms with Gasteiger partial charge < -0.3 is 14.5 Å². The number of amides is 3. The Morgan fingerprint density at radius 2 is 2.03 bits per heavy atom. The molecule has 1 aliphatic carbocycles. The topological polar surface area (TPSA) is 87.7 Å². The molecule has 1 spiro atoms. The van der Waals surface area contributed by atoms with Crippen molar-refractivity contribution in [2.45, 2.75) is 25.8 Å². The third-order valence-corrected chi connectivity index (χ3v) is 7.25. The van der Waals surface area contributed by atoms with Crippen molar-refractivity contribution in [1.29, 1.82) is 0 Å². The van der Waals surface area contributed by atoms with Crippen LogP contribution in [0.25, 0.3) is 11.0 Å². The summed E-state index contributed by atoms with van der Waals surface area (Å²) in [5.74, 6) is 1.34. The number of pyridine rings is 1. The lowest BCUT2D eigenvalue weighted by Gasteiger charge is -2.28.